The number of phosphoric acid groups is 1. The van der Waals surface area contributed by atoms with Gasteiger partial charge in [0, 0.05) is 6.08 Å². The van der Waals surface area contributed by atoms with Crippen molar-refractivity contribution in [3.63, 3.8) is 0 Å². The Balaban J connectivity index is 4.13. The van der Waals surface area contributed by atoms with E-state index in [1.807, 2.05) is 0 Å². The van der Waals surface area contributed by atoms with Crippen molar-refractivity contribution >= 4 is 13.8 Å². The highest BCUT2D eigenvalue weighted by Gasteiger charge is 2.24. The van der Waals surface area contributed by atoms with Gasteiger partial charge in [-0.05, 0) is 6.92 Å². The molecule has 0 bridgehead atoms. The van der Waals surface area contributed by atoms with Gasteiger partial charge in [0.25, 0.3) is 0 Å². The van der Waals surface area contributed by atoms with E-state index in [4.69, 9.17) is 4.89 Å². The summed E-state index contributed by atoms with van der Waals surface area (Å²) in [6.45, 7) is 4.62. The summed E-state index contributed by atoms with van der Waals surface area (Å²) in [4.78, 5) is 19.2. The lowest BCUT2D eigenvalue weighted by atomic mass is 10.7. The fraction of sp³-hybridized carbons (Fsp3) is 0.167. The molecule has 6 heteroatoms. The molecule has 0 heterocycles. The Kier molecular flexibility index (Phi) is 4.33. The Morgan fingerprint density at radius 1 is 1.67 bits per heavy atom. The van der Waals surface area contributed by atoms with Crippen molar-refractivity contribution in [2.24, 2.45) is 0 Å². The zero-order valence-electron chi connectivity index (χ0n) is 6.47. The second kappa shape index (κ2) is 4.74. The first-order valence-corrected chi connectivity index (χ1v) is 4.49. The number of carbonyl (C=O) groups is 1. The molecule has 5 nitrogen and oxygen atoms in total. The van der Waals surface area contributed by atoms with Crippen LogP contribution in [0, 0.1) is 0 Å². The molecule has 1 atom stereocenters. The largest absolute Gasteiger partial charge is 0.586 e. The molecule has 0 saturated heterocycles. The standard InChI is InChI=1S/C6H9O5P/c1-3-5-10-12(8,9)11-6(7)4-2/h3-5H,2H2,1H3,(H,8,9). The van der Waals surface area contributed by atoms with Gasteiger partial charge >= 0.3 is 13.8 Å². The Bertz CT molecular complexity index is 244. The maximum atomic E-state index is 10.7. The first-order valence-electron chi connectivity index (χ1n) is 3.00. The van der Waals surface area contributed by atoms with E-state index >= 15 is 0 Å². The quantitative estimate of drug-likeness (QED) is 0.413. The van der Waals surface area contributed by atoms with Crippen LogP contribution in [0.4, 0.5) is 0 Å². The lowest BCUT2D eigenvalue weighted by molar-refractivity contribution is -0.130. The van der Waals surface area contributed by atoms with Gasteiger partial charge in [-0.1, -0.05) is 12.7 Å². The molecule has 0 aliphatic heterocycles. The first kappa shape index (κ1) is 10.9. The zero-order chi connectivity index (χ0) is 9.61. The van der Waals surface area contributed by atoms with E-state index in [0.29, 0.717) is 0 Å². The predicted molar refractivity (Wildman–Crippen MR) is 42.0 cm³/mol. The number of hydrogen-bond acceptors (Lipinski definition) is 4. The van der Waals surface area contributed by atoms with Crippen LogP contribution in [0.1, 0.15) is 6.92 Å². The lowest BCUT2D eigenvalue weighted by Gasteiger charge is -2.07. The molecular formula is C6H9O5P. The van der Waals surface area contributed by atoms with Gasteiger partial charge in [0.1, 0.15) is 0 Å². The minimum atomic E-state index is -4.29. The second-order valence-corrected chi connectivity index (χ2v) is 2.99. The number of carbonyl (C=O) groups excluding carboxylic acids is 1. The molecule has 1 N–H and O–H groups in total. The monoisotopic (exact) mass is 192 g/mol. The highest BCUT2D eigenvalue weighted by atomic mass is 31.2. The van der Waals surface area contributed by atoms with E-state index in [-0.39, 0.29) is 0 Å². The van der Waals surface area contributed by atoms with Crippen LogP contribution in [0.5, 0.6) is 0 Å². The smallest absolute Gasteiger partial charge is 0.403 e. The van der Waals surface area contributed by atoms with Crippen molar-refractivity contribution in [1.82, 2.24) is 0 Å². The summed E-state index contributed by atoms with van der Waals surface area (Å²) in [7, 11) is -4.29. The van der Waals surface area contributed by atoms with Crippen LogP contribution in [0.25, 0.3) is 0 Å². The molecule has 0 spiro atoms. The summed E-state index contributed by atoms with van der Waals surface area (Å²) in [5.41, 5.74) is 0. The molecule has 0 rings (SSSR count). The van der Waals surface area contributed by atoms with Gasteiger partial charge in [-0.25, -0.2) is 9.36 Å². The predicted octanol–water partition coefficient (Wildman–Crippen LogP) is 1.37. The van der Waals surface area contributed by atoms with Gasteiger partial charge in [0.2, 0.25) is 0 Å². The summed E-state index contributed by atoms with van der Waals surface area (Å²) in [6, 6.07) is 0. The molecular weight excluding hydrogens is 183 g/mol. The molecule has 0 aliphatic rings. The van der Waals surface area contributed by atoms with Gasteiger partial charge in [0.15, 0.2) is 0 Å². The maximum absolute atomic E-state index is 10.7. The van der Waals surface area contributed by atoms with Crippen molar-refractivity contribution in [2.75, 3.05) is 0 Å². The molecule has 68 valence electrons. The van der Waals surface area contributed by atoms with E-state index in [0.717, 1.165) is 12.3 Å². The molecule has 0 saturated carbocycles. The van der Waals surface area contributed by atoms with E-state index < -0.39 is 13.8 Å². The van der Waals surface area contributed by atoms with E-state index in [1.165, 1.54) is 6.08 Å². The minimum absolute atomic E-state index is 0.766. The average molecular weight is 192 g/mol. The van der Waals surface area contributed by atoms with Crippen molar-refractivity contribution in [3.05, 3.63) is 25.0 Å². The van der Waals surface area contributed by atoms with E-state index in [9.17, 15) is 9.36 Å². The number of rotatable bonds is 4. The number of allylic oxidation sites excluding steroid dienone is 1. The van der Waals surface area contributed by atoms with Crippen molar-refractivity contribution in [1.29, 1.82) is 0 Å². The Morgan fingerprint density at radius 3 is 2.67 bits per heavy atom. The summed E-state index contributed by atoms with van der Waals surface area (Å²) in [5, 5.41) is 0. The Hall–Kier alpha value is -1.06. The van der Waals surface area contributed by atoms with Gasteiger partial charge in [-0.2, -0.15) is 0 Å². The van der Waals surface area contributed by atoms with Gasteiger partial charge in [-0.15, -0.1) is 0 Å². The summed E-state index contributed by atoms with van der Waals surface area (Å²) >= 11 is 0. The fourth-order valence-electron chi connectivity index (χ4n) is 0.310. The zero-order valence-corrected chi connectivity index (χ0v) is 7.36. The molecule has 0 amide bonds. The summed E-state index contributed by atoms with van der Waals surface area (Å²) in [6.07, 6.45) is 3.10. The Morgan fingerprint density at radius 2 is 2.25 bits per heavy atom. The van der Waals surface area contributed by atoms with Crippen LogP contribution in [0.3, 0.4) is 0 Å². The van der Waals surface area contributed by atoms with Crippen LogP contribution in [0.15, 0.2) is 25.0 Å². The molecule has 0 aromatic rings. The van der Waals surface area contributed by atoms with Crippen LogP contribution in [-0.4, -0.2) is 10.9 Å². The average Bonchev–Trinajstić information content (AvgIpc) is 2.00. The molecule has 1 unspecified atom stereocenters. The topological polar surface area (TPSA) is 72.8 Å². The molecule has 0 aliphatic carbocycles. The fourth-order valence-corrected chi connectivity index (χ4v) is 0.931. The van der Waals surface area contributed by atoms with Gasteiger partial charge in [-0.3, -0.25) is 4.89 Å². The van der Waals surface area contributed by atoms with E-state index in [1.54, 1.807) is 6.92 Å². The molecule has 0 aromatic heterocycles. The highest BCUT2D eigenvalue weighted by Crippen LogP contribution is 2.43. The molecule has 0 radical (unpaired) electrons. The summed E-state index contributed by atoms with van der Waals surface area (Å²) < 4.78 is 18.9. The van der Waals surface area contributed by atoms with Crippen molar-refractivity contribution < 1.29 is 23.3 Å². The molecule has 0 aromatic carbocycles. The number of hydrogen-bond donors (Lipinski definition) is 1. The normalized spacial score (nSPS) is 15.2. The molecule has 0 fully saturated rings. The lowest BCUT2D eigenvalue weighted by Crippen LogP contribution is -1.98. The second-order valence-electron chi connectivity index (χ2n) is 1.66. The third kappa shape index (κ3) is 4.71. The molecule has 12 heavy (non-hydrogen) atoms. The van der Waals surface area contributed by atoms with E-state index in [2.05, 4.69) is 15.6 Å². The number of phosphoric ester groups is 1. The van der Waals surface area contributed by atoms with Crippen molar-refractivity contribution in [3.8, 4) is 0 Å². The van der Waals surface area contributed by atoms with Crippen LogP contribution in [0.2, 0.25) is 0 Å². The first-order chi connectivity index (χ1) is 5.52. The Labute approximate surface area is 69.9 Å². The van der Waals surface area contributed by atoms with Gasteiger partial charge in [0.05, 0.1) is 6.26 Å². The van der Waals surface area contributed by atoms with Crippen LogP contribution >= 0.6 is 7.82 Å². The minimum Gasteiger partial charge on any atom is -0.403 e. The third-order valence-corrected chi connectivity index (χ3v) is 1.50. The SMILES string of the molecule is C=CC(=O)OP(=O)(O)OC=CC. The van der Waals surface area contributed by atoms with Crippen LogP contribution in [-0.2, 0) is 18.4 Å². The van der Waals surface area contributed by atoms with Crippen molar-refractivity contribution in [2.45, 2.75) is 6.92 Å². The van der Waals surface area contributed by atoms with Crippen LogP contribution < -0.4 is 0 Å². The summed E-state index contributed by atoms with van der Waals surface area (Å²) in [5.74, 6) is -1.01. The highest BCUT2D eigenvalue weighted by molar-refractivity contribution is 7.48. The maximum Gasteiger partial charge on any atom is 0.586 e. The van der Waals surface area contributed by atoms with Gasteiger partial charge < -0.3 is 9.05 Å². The third-order valence-electron chi connectivity index (χ3n) is 0.702.